The Morgan fingerprint density at radius 3 is 2.19 bits per heavy atom. The van der Waals surface area contributed by atoms with Gasteiger partial charge in [0.15, 0.2) is 0 Å². The average molecular weight is 351 g/mol. The molecule has 1 aliphatic rings. The minimum absolute atomic E-state index is 0.755. The molecule has 0 amide bonds. The summed E-state index contributed by atoms with van der Waals surface area (Å²) in [5, 5.41) is 6.48. The van der Waals surface area contributed by atoms with E-state index < -0.39 is 0 Å². The fraction of sp³-hybridized carbons (Fsp3) is 0.409. The molecule has 1 unspecified atom stereocenters. The largest absolute Gasteiger partial charge is 0.374 e. The minimum atomic E-state index is 0.755. The van der Waals surface area contributed by atoms with Crippen molar-refractivity contribution in [3.63, 3.8) is 0 Å². The Bertz CT molecular complexity index is 691. The molecule has 0 radical (unpaired) electrons. The molecule has 1 saturated heterocycles. The number of hydrogen-bond donors (Lipinski definition) is 2. The number of rotatable bonds is 8. The number of nitrogens with one attached hydrogen (secondary N) is 1. The maximum atomic E-state index is 5.06. The fourth-order valence-corrected chi connectivity index (χ4v) is 3.66. The van der Waals surface area contributed by atoms with Crippen LogP contribution in [0.3, 0.4) is 0 Å². The van der Waals surface area contributed by atoms with Crippen LogP contribution in [0.15, 0.2) is 53.6 Å². The van der Waals surface area contributed by atoms with Crippen LogP contribution in [-0.2, 0) is 12.8 Å². The molecular weight excluding hydrogens is 320 g/mol. The van der Waals surface area contributed by atoms with Crippen molar-refractivity contribution in [2.75, 3.05) is 19.6 Å². The van der Waals surface area contributed by atoms with Gasteiger partial charge in [-0.15, -0.1) is 0 Å². The monoisotopic (exact) mass is 350 g/mol. The van der Waals surface area contributed by atoms with Crippen LogP contribution in [0.2, 0.25) is 0 Å². The molecule has 3 rings (SSSR count). The van der Waals surface area contributed by atoms with Crippen LogP contribution in [-0.4, -0.2) is 36.9 Å². The van der Waals surface area contributed by atoms with Gasteiger partial charge < -0.3 is 16.1 Å². The third kappa shape index (κ3) is 5.09. The first-order chi connectivity index (χ1) is 12.8. The third-order valence-electron chi connectivity index (χ3n) is 5.34. The van der Waals surface area contributed by atoms with E-state index in [0.717, 1.165) is 25.4 Å². The van der Waals surface area contributed by atoms with Crippen molar-refractivity contribution < 1.29 is 0 Å². The van der Waals surface area contributed by atoms with E-state index in [9.17, 15) is 0 Å². The zero-order valence-corrected chi connectivity index (χ0v) is 15.7. The van der Waals surface area contributed by atoms with Gasteiger partial charge in [-0.2, -0.15) is 5.10 Å². The van der Waals surface area contributed by atoms with Gasteiger partial charge in [-0.05, 0) is 61.4 Å². The van der Waals surface area contributed by atoms with Crippen molar-refractivity contribution in [2.24, 2.45) is 10.9 Å². The smallest absolute Gasteiger partial charge is 0.108 e. The average Bonchev–Trinajstić information content (AvgIpc) is 3.09. The summed E-state index contributed by atoms with van der Waals surface area (Å²) in [7, 11) is 0. The van der Waals surface area contributed by atoms with E-state index in [4.69, 9.17) is 5.84 Å². The van der Waals surface area contributed by atoms with E-state index in [1.54, 1.807) is 0 Å². The predicted octanol–water partition coefficient (Wildman–Crippen LogP) is 3.41. The number of benzene rings is 2. The summed E-state index contributed by atoms with van der Waals surface area (Å²) in [5.74, 6) is 5.06. The quantitative estimate of drug-likeness (QED) is 0.252. The second-order valence-corrected chi connectivity index (χ2v) is 7.15. The van der Waals surface area contributed by atoms with Crippen LogP contribution in [0.25, 0.3) is 11.1 Å². The summed E-state index contributed by atoms with van der Waals surface area (Å²) in [4.78, 5) is 2.61. The lowest BCUT2D eigenvalue weighted by atomic mass is 10.0. The van der Waals surface area contributed by atoms with Crippen molar-refractivity contribution in [3.05, 3.63) is 59.7 Å². The highest BCUT2D eigenvalue weighted by molar-refractivity contribution is 5.64. The van der Waals surface area contributed by atoms with Gasteiger partial charge in [0, 0.05) is 19.1 Å². The van der Waals surface area contributed by atoms with E-state index in [-0.39, 0.29) is 0 Å². The number of hydrogen-bond acceptors (Lipinski definition) is 3. The summed E-state index contributed by atoms with van der Waals surface area (Å²) in [6, 6.07) is 18.6. The second-order valence-electron chi connectivity index (χ2n) is 7.15. The highest BCUT2D eigenvalue weighted by Gasteiger charge is 2.19. The van der Waals surface area contributed by atoms with Crippen LogP contribution < -0.4 is 11.2 Å². The number of hydrazone groups is 1. The topological polar surface area (TPSA) is 53.6 Å². The molecule has 1 fully saturated rings. The van der Waals surface area contributed by atoms with Gasteiger partial charge in [-0.25, -0.2) is 0 Å². The Labute approximate surface area is 157 Å². The Hall–Kier alpha value is -2.33. The van der Waals surface area contributed by atoms with Crippen molar-refractivity contribution >= 4 is 6.34 Å². The van der Waals surface area contributed by atoms with Gasteiger partial charge in [-0.1, -0.05) is 48.5 Å². The van der Waals surface area contributed by atoms with Gasteiger partial charge in [0.05, 0.1) is 0 Å². The first kappa shape index (κ1) is 18.5. The number of nitrogens with zero attached hydrogens (tertiary/aromatic N) is 2. The van der Waals surface area contributed by atoms with Gasteiger partial charge >= 0.3 is 0 Å². The van der Waals surface area contributed by atoms with Crippen molar-refractivity contribution in [2.45, 2.75) is 38.6 Å². The predicted molar refractivity (Wildman–Crippen MR) is 110 cm³/mol. The standard InChI is InChI=1S/C22H30N4/c1-18-3-2-15-26(18)16-13-20-6-10-22(11-7-20)21-8-4-19(5-9-21)12-14-24-17-25-23/h4-11,17-18H,2-3,12-16,23H2,1H3,(H,24,25). The van der Waals surface area contributed by atoms with Gasteiger partial charge in [-0.3, -0.25) is 0 Å². The van der Waals surface area contributed by atoms with Crippen LogP contribution in [0.4, 0.5) is 0 Å². The Kier molecular flexibility index (Phi) is 6.67. The first-order valence-electron chi connectivity index (χ1n) is 9.63. The van der Waals surface area contributed by atoms with E-state index >= 15 is 0 Å². The zero-order valence-electron chi connectivity index (χ0n) is 15.7. The van der Waals surface area contributed by atoms with Crippen LogP contribution in [0.1, 0.15) is 30.9 Å². The molecule has 138 valence electrons. The SMILES string of the molecule is CC1CCCN1CCc1ccc(-c2ccc(CCN/C=N\N)cc2)cc1. The molecule has 4 nitrogen and oxygen atoms in total. The van der Waals surface area contributed by atoms with Crippen molar-refractivity contribution in [1.82, 2.24) is 10.2 Å². The molecule has 1 aliphatic heterocycles. The summed E-state index contributed by atoms with van der Waals surface area (Å²) in [6.07, 6.45) is 6.33. The molecule has 0 saturated carbocycles. The molecule has 0 aliphatic carbocycles. The maximum Gasteiger partial charge on any atom is 0.108 e. The third-order valence-corrected chi connectivity index (χ3v) is 5.34. The summed E-state index contributed by atoms with van der Waals surface area (Å²) >= 11 is 0. The zero-order chi connectivity index (χ0) is 18.2. The second kappa shape index (κ2) is 9.39. The molecule has 0 aromatic heterocycles. The normalized spacial score (nSPS) is 17.8. The van der Waals surface area contributed by atoms with Crippen molar-refractivity contribution in [1.29, 1.82) is 0 Å². The molecule has 0 spiro atoms. The molecule has 4 heteroatoms. The van der Waals surface area contributed by atoms with Crippen LogP contribution >= 0.6 is 0 Å². The highest BCUT2D eigenvalue weighted by atomic mass is 15.2. The molecule has 0 bridgehead atoms. The summed E-state index contributed by atoms with van der Waals surface area (Å²) < 4.78 is 0. The molecule has 1 atom stereocenters. The van der Waals surface area contributed by atoms with Gasteiger partial charge in [0.2, 0.25) is 0 Å². The number of nitrogens with two attached hydrogens (primary N) is 1. The summed E-state index contributed by atoms with van der Waals surface area (Å²) in [6.45, 7) is 5.63. The Morgan fingerprint density at radius 1 is 1.04 bits per heavy atom. The van der Waals surface area contributed by atoms with Gasteiger partial charge in [0.1, 0.15) is 6.34 Å². The minimum Gasteiger partial charge on any atom is -0.374 e. The fourth-order valence-electron chi connectivity index (χ4n) is 3.66. The molecular formula is C22H30N4. The van der Waals surface area contributed by atoms with Crippen LogP contribution in [0, 0.1) is 0 Å². The lowest BCUT2D eigenvalue weighted by Gasteiger charge is -2.20. The first-order valence-corrected chi connectivity index (χ1v) is 9.63. The van der Waals surface area contributed by atoms with E-state index in [1.807, 2.05) is 0 Å². The van der Waals surface area contributed by atoms with E-state index in [2.05, 4.69) is 70.8 Å². The molecule has 2 aromatic rings. The molecule has 26 heavy (non-hydrogen) atoms. The van der Waals surface area contributed by atoms with Crippen molar-refractivity contribution in [3.8, 4) is 11.1 Å². The van der Waals surface area contributed by atoms with Gasteiger partial charge in [0.25, 0.3) is 0 Å². The molecule has 2 aromatic carbocycles. The van der Waals surface area contributed by atoms with E-state index in [1.165, 1.54) is 54.5 Å². The lowest BCUT2D eigenvalue weighted by molar-refractivity contribution is 0.272. The number of likely N-dealkylation sites (tertiary alicyclic amines) is 1. The molecule has 1 heterocycles. The van der Waals surface area contributed by atoms with E-state index in [0.29, 0.717) is 0 Å². The Balaban J connectivity index is 1.52. The highest BCUT2D eigenvalue weighted by Crippen LogP contribution is 2.22. The maximum absolute atomic E-state index is 5.06. The lowest BCUT2D eigenvalue weighted by Crippen LogP contribution is -2.28. The van der Waals surface area contributed by atoms with Crippen LogP contribution in [0.5, 0.6) is 0 Å². The Morgan fingerprint density at radius 2 is 1.65 bits per heavy atom. The molecule has 3 N–H and O–H groups in total. The summed E-state index contributed by atoms with van der Waals surface area (Å²) in [5.41, 5.74) is 5.29.